The summed E-state index contributed by atoms with van der Waals surface area (Å²) in [7, 11) is -1.70. The molecule has 2 aromatic carbocycles. The molecule has 0 heterocycles. The van der Waals surface area contributed by atoms with E-state index in [1.807, 2.05) is 24.3 Å². The highest BCUT2D eigenvalue weighted by atomic mass is 28.3. The molecular formula is C19H22OSi. The van der Waals surface area contributed by atoms with Crippen LogP contribution in [0, 0.1) is 0 Å². The number of rotatable bonds is 6. The van der Waals surface area contributed by atoms with E-state index in [1.54, 1.807) is 0 Å². The second-order valence-corrected chi connectivity index (χ2v) is 10.6. The maximum Gasteiger partial charge on any atom is 0.120 e. The van der Waals surface area contributed by atoms with Crippen molar-refractivity contribution in [3.8, 4) is 0 Å². The summed E-state index contributed by atoms with van der Waals surface area (Å²) in [6, 6.07) is 20.9. The average molecular weight is 294 g/mol. The fourth-order valence-electron chi connectivity index (χ4n) is 2.59. The lowest BCUT2D eigenvalue weighted by Gasteiger charge is -2.30. The van der Waals surface area contributed by atoms with Gasteiger partial charge in [0.05, 0.1) is 8.07 Å². The number of carbonyl (C=O) groups excluding carboxylic acids is 1. The fourth-order valence-corrected chi connectivity index (χ4v) is 5.33. The molecule has 0 fully saturated rings. The summed E-state index contributed by atoms with van der Waals surface area (Å²) >= 11 is 0. The molecule has 108 valence electrons. The standard InChI is InChI=1S/C19H22OSi/c1-21(2,18-11-7-4-8-12-18)19(15-16-20)14-13-17-9-5-3-6-10-17/h3-14,16,19H,15H2,1-2H3/b14-13+/t19-/m1/s1. The number of hydrogen-bond acceptors (Lipinski definition) is 1. The van der Waals surface area contributed by atoms with E-state index in [4.69, 9.17) is 0 Å². The van der Waals surface area contributed by atoms with Crippen molar-refractivity contribution in [3.63, 3.8) is 0 Å². The first kappa shape index (κ1) is 15.5. The van der Waals surface area contributed by atoms with Crippen LogP contribution >= 0.6 is 0 Å². The molecule has 0 N–H and O–H groups in total. The van der Waals surface area contributed by atoms with Crippen molar-refractivity contribution in [2.24, 2.45) is 0 Å². The Balaban J connectivity index is 2.26. The first-order chi connectivity index (χ1) is 10.1. The molecule has 21 heavy (non-hydrogen) atoms. The van der Waals surface area contributed by atoms with Gasteiger partial charge in [-0.15, -0.1) is 0 Å². The lowest BCUT2D eigenvalue weighted by molar-refractivity contribution is -0.107. The van der Waals surface area contributed by atoms with Gasteiger partial charge in [0, 0.05) is 6.42 Å². The van der Waals surface area contributed by atoms with E-state index in [9.17, 15) is 4.79 Å². The predicted octanol–water partition coefficient (Wildman–Crippen LogP) is 4.27. The van der Waals surface area contributed by atoms with Gasteiger partial charge in [-0.25, -0.2) is 0 Å². The van der Waals surface area contributed by atoms with E-state index in [-0.39, 0.29) is 0 Å². The summed E-state index contributed by atoms with van der Waals surface area (Å²) in [5.74, 6) is 0. The third-order valence-electron chi connectivity index (χ3n) is 4.12. The molecular weight excluding hydrogens is 272 g/mol. The number of allylic oxidation sites excluding steroid dienone is 1. The average Bonchev–Trinajstić information content (AvgIpc) is 2.53. The van der Waals surface area contributed by atoms with E-state index < -0.39 is 8.07 Å². The summed E-state index contributed by atoms with van der Waals surface area (Å²) in [5, 5.41) is 1.40. The zero-order chi connectivity index (χ0) is 15.1. The van der Waals surface area contributed by atoms with E-state index in [2.05, 4.69) is 61.6 Å². The Kier molecular flexibility index (Phi) is 5.29. The SMILES string of the molecule is C[Si](C)(c1ccccc1)[C@H](/C=C/c1ccccc1)CC=O. The van der Waals surface area contributed by atoms with Crippen LogP contribution in [0.15, 0.2) is 66.7 Å². The Morgan fingerprint density at radius 2 is 1.52 bits per heavy atom. The van der Waals surface area contributed by atoms with Gasteiger partial charge in [-0.2, -0.15) is 0 Å². The lowest BCUT2D eigenvalue weighted by Crippen LogP contribution is -2.45. The van der Waals surface area contributed by atoms with E-state index in [0.29, 0.717) is 12.0 Å². The minimum Gasteiger partial charge on any atom is -0.303 e. The fraction of sp³-hybridized carbons (Fsp3) is 0.211. The highest BCUT2D eigenvalue weighted by molar-refractivity contribution is 6.91. The molecule has 1 nitrogen and oxygen atoms in total. The highest BCUT2D eigenvalue weighted by Crippen LogP contribution is 2.27. The van der Waals surface area contributed by atoms with Crippen LogP contribution in [-0.4, -0.2) is 14.4 Å². The second-order valence-electron chi connectivity index (χ2n) is 5.87. The van der Waals surface area contributed by atoms with Crippen LogP contribution in [0.5, 0.6) is 0 Å². The summed E-state index contributed by atoms with van der Waals surface area (Å²) in [4.78, 5) is 11.1. The molecule has 0 unspecified atom stereocenters. The molecule has 0 saturated heterocycles. The minimum atomic E-state index is -1.70. The van der Waals surface area contributed by atoms with Crippen LogP contribution < -0.4 is 5.19 Å². The highest BCUT2D eigenvalue weighted by Gasteiger charge is 2.31. The number of aldehydes is 1. The molecule has 0 aromatic heterocycles. The van der Waals surface area contributed by atoms with E-state index in [0.717, 1.165) is 6.29 Å². The Morgan fingerprint density at radius 1 is 0.952 bits per heavy atom. The number of benzene rings is 2. The molecule has 0 bridgehead atoms. The van der Waals surface area contributed by atoms with Crippen LogP contribution in [0.3, 0.4) is 0 Å². The van der Waals surface area contributed by atoms with E-state index in [1.165, 1.54) is 10.8 Å². The predicted molar refractivity (Wildman–Crippen MR) is 93.5 cm³/mol. The molecule has 0 aliphatic rings. The maximum absolute atomic E-state index is 11.1. The monoisotopic (exact) mass is 294 g/mol. The van der Waals surface area contributed by atoms with Gasteiger partial charge in [-0.3, -0.25) is 0 Å². The number of hydrogen-bond donors (Lipinski definition) is 0. The van der Waals surface area contributed by atoms with Crippen molar-refractivity contribution in [2.75, 3.05) is 0 Å². The van der Waals surface area contributed by atoms with Gasteiger partial charge >= 0.3 is 0 Å². The molecule has 2 aromatic rings. The molecule has 0 spiro atoms. The summed E-state index contributed by atoms with van der Waals surface area (Å²) in [6.45, 7) is 4.68. The zero-order valence-electron chi connectivity index (χ0n) is 12.7. The topological polar surface area (TPSA) is 17.1 Å². The smallest absolute Gasteiger partial charge is 0.120 e. The molecule has 2 rings (SSSR count). The van der Waals surface area contributed by atoms with Crippen molar-refractivity contribution in [1.82, 2.24) is 0 Å². The lowest BCUT2D eigenvalue weighted by atomic mass is 10.2. The summed E-state index contributed by atoms with van der Waals surface area (Å²) in [6.07, 6.45) is 6.02. The molecule has 0 amide bonds. The van der Waals surface area contributed by atoms with Gasteiger partial charge in [0.2, 0.25) is 0 Å². The van der Waals surface area contributed by atoms with Gasteiger partial charge in [0.1, 0.15) is 6.29 Å². The third kappa shape index (κ3) is 4.02. The van der Waals surface area contributed by atoms with Crippen LogP contribution in [-0.2, 0) is 4.79 Å². The van der Waals surface area contributed by atoms with Crippen LogP contribution in [0.2, 0.25) is 18.6 Å². The van der Waals surface area contributed by atoms with Gasteiger partial charge in [0.15, 0.2) is 0 Å². The molecule has 0 aliphatic heterocycles. The molecule has 0 aliphatic carbocycles. The molecule has 0 radical (unpaired) electrons. The van der Waals surface area contributed by atoms with E-state index >= 15 is 0 Å². The Morgan fingerprint density at radius 3 is 2.10 bits per heavy atom. The second kappa shape index (κ2) is 7.18. The zero-order valence-corrected chi connectivity index (χ0v) is 13.7. The van der Waals surface area contributed by atoms with Crippen molar-refractivity contribution < 1.29 is 4.79 Å². The van der Waals surface area contributed by atoms with Gasteiger partial charge < -0.3 is 4.79 Å². The normalized spacial score (nSPS) is 13.2. The minimum absolute atomic E-state index is 0.317. The summed E-state index contributed by atoms with van der Waals surface area (Å²) in [5.41, 5.74) is 1.50. The first-order valence-electron chi connectivity index (χ1n) is 7.37. The number of carbonyl (C=O) groups is 1. The largest absolute Gasteiger partial charge is 0.303 e. The third-order valence-corrected chi connectivity index (χ3v) is 8.22. The Bertz CT molecular complexity index is 587. The molecule has 1 atom stereocenters. The Labute approximate surface area is 128 Å². The quantitative estimate of drug-likeness (QED) is 0.574. The Hall–Kier alpha value is -1.93. The van der Waals surface area contributed by atoms with Crippen LogP contribution in [0.1, 0.15) is 12.0 Å². The summed E-state index contributed by atoms with van der Waals surface area (Å²) < 4.78 is 0. The molecule has 0 saturated carbocycles. The van der Waals surface area contributed by atoms with Crippen LogP contribution in [0.25, 0.3) is 6.08 Å². The van der Waals surface area contributed by atoms with Crippen molar-refractivity contribution in [1.29, 1.82) is 0 Å². The van der Waals surface area contributed by atoms with Gasteiger partial charge in [0.25, 0.3) is 0 Å². The van der Waals surface area contributed by atoms with Crippen molar-refractivity contribution in [3.05, 3.63) is 72.3 Å². The van der Waals surface area contributed by atoms with Crippen molar-refractivity contribution in [2.45, 2.75) is 25.1 Å². The van der Waals surface area contributed by atoms with Crippen molar-refractivity contribution >= 4 is 25.6 Å². The van der Waals surface area contributed by atoms with Crippen LogP contribution in [0.4, 0.5) is 0 Å². The first-order valence-corrected chi connectivity index (χ1v) is 10.4. The van der Waals surface area contributed by atoms with Gasteiger partial charge in [-0.1, -0.05) is 91.1 Å². The van der Waals surface area contributed by atoms with Gasteiger partial charge in [-0.05, 0) is 11.1 Å². The molecule has 2 heteroatoms. The maximum atomic E-state index is 11.1.